The fourth-order valence-electron chi connectivity index (χ4n) is 5.72. The van der Waals surface area contributed by atoms with Crippen LogP contribution >= 0.6 is 0 Å². The fourth-order valence-corrected chi connectivity index (χ4v) is 5.72. The molecule has 6 rings (SSSR count). The van der Waals surface area contributed by atoms with Gasteiger partial charge < -0.3 is 20.4 Å². The number of pyridine rings is 2. The summed E-state index contributed by atoms with van der Waals surface area (Å²) in [4.78, 5) is 43.9. The van der Waals surface area contributed by atoms with Gasteiger partial charge in [-0.15, -0.1) is 0 Å². The predicted octanol–water partition coefficient (Wildman–Crippen LogP) is 2.81. The molecule has 0 bridgehead atoms. The standard InChI is InChI=1S/C26H32N8O2/c1-16-13-21(28-15-20(16)32-11-8-27-9-12-32)30-26-29-14-19-17(2)23(33-10-7-22(33)35)25(36)34(24(19)31-26)18-5-3-4-6-18/h13-15,18,27H,3-12H2,1-2H3,(H,28,29,30,31). The third-order valence-corrected chi connectivity index (χ3v) is 7.77. The quantitative estimate of drug-likeness (QED) is 0.528. The van der Waals surface area contributed by atoms with Gasteiger partial charge in [-0.1, -0.05) is 12.8 Å². The lowest BCUT2D eigenvalue weighted by Gasteiger charge is -2.32. The summed E-state index contributed by atoms with van der Waals surface area (Å²) in [6.45, 7) is 8.43. The Bertz CT molecular complexity index is 1390. The summed E-state index contributed by atoms with van der Waals surface area (Å²) < 4.78 is 1.81. The van der Waals surface area contributed by atoms with Crippen LogP contribution in [0.2, 0.25) is 0 Å². The van der Waals surface area contributed by atoms with Crippen molar-refractivity contribution in [1.82, 2.24) is 24.8 Å². The Morgan fingerprint density at radius 3 is 2.47 bits per heavy atom. The number of carbonyl (C=O) groups is 1. The van der Waals surface area contributed by atoms with Gasteiger partial charge in [0, 0.05) is 56.8 Å². The van der Waals surface area contributed by atoms with Crippen LogP contribution in [0.1, 0.15) is 49.3 Å². The first-order valence-electron chi connectivity index (χ1n) is 12.9. The Labute approximate surface area is 209 Å². The molecule has 2 saturated heterocycles. The van der Waals surface area contributed by atoms with Crippen LogP contribution in [0.15, 0.2) is 23.3 Å². The van der Waals surface area contributed by atoms with E-state index in [4.69, 9.17) is 4.98 Å². The van der Waals surface area contributed by atoms with Crippen molar-refractivity contribution in [3.63, 3.8) is 0 Å². The van der Waals surface area contributed by atoms with Crippen molar-refractivity contribution < 1.29 is 4.79 Å². The highest BCUT2D eigenvalue weighted by atomic mass is 16.2. The molecule has 3 fully saturated rings. The number of fused-ring (bicyclic) bond motifs is 1. The van der Waals surface area contributed by atoms with E-state index < -0.39 is 0 Å². The highest BCUT2D eigenvalue weighted by Gasteiger charge is 2.33. The summed E-state index contributed by atoms with van der Waals surface area (Å²) in [5, 5.41) is 7.43. The van der Waals surface area contributed by atoms with E-state index in [1.165, 1.54) is 0 Å². The second kappa shape index (κ2) is 9.16. The highest BCUT2D eigenvalue weighted by molar-refractivity contribution is 6.01. The number of nitrogens with zero attached hydrogens (tertiary/aromatic N) is 6. The molecule has 2 N–H and O–H groups in total. The van der Waals surface area contributed by atoms with E-state index in [0.717, 1.165) is 74.1 Å². The lowest BCUT2D eigenvalue weighted by molar-refractivity contribution is -0.122. The summed E-state index contributed by atoms with van der Waals surface area (Å²) in [5.74, 6) is 1.07. The minimum absolute atomic E-state index is 0.00238. The van der Waals surface area contributed by atoms with Gasteiger partial charge in [0.05, 0.1) is 11.9 Å². The zero-order chi connectivity index (χ0) is 24.8. The van der Waals surface area contributed by atoms with E-state index in [0.29, 0.717) is 36.1 Å². The molecule has 10 nitrogen and oxygen atoms in total. The lowest BCUT2D eigenvalue weighted by atomic mass is 10.1. The third-order valence-electron chi connectivity index (χ3n) is 7.77. The predicted molar refractivity (Wildman–Crippen MR) is 140 cm³/mol. The first-order valence-corrected chi connectivity index (χ1v) is 12.9. The van der Waals surface area contributed by atoms with Gasteiger partial charge in [-0.25, -0.2) is 9.97 Å². The topological polar surface area (TPSA) is 108 Å². The molecule has 188 valence electrons. The summed E-state index contributed by atoms with van der Waals surface area (Å²) in [7, 11) is 0. The van der Waals surface area contributed by atoms with Crippen LogP contribution in [0.25, 0.3) is 11.0 Å². The molecule has 0 radical (unpaired) electrons. The molecule has 0 aromatic carbocycles. The van der Waals surface area contributed by atoms with Crippen LogP contribution in [0, 0.1) is 13.8 Å². The smallest absolute Gasteiger partial charge is 0.276 e. The van der Waals surface area contributed by atoms with Gasteiger partial charge in [0.25, 0.3) is 5.56 Å². The molecule has 1 amide bonds. The molecular weight excluding hydrogens is 456 g/mol. The fraction of sp³-hybridized carbons (Fsp3) is 0.500. The summed E-state index contributed by atoms with van der Waals surface area (Å²) in [6.07, 6.45) is 8.20. The Hall–Kier alpha value is -3.53. The van der Waals surface area contributed by atoms with Crippen LogP contribution in [0.5, 0.6) is 0 Å². The van der Waals surface area contributed by atoms with Crippen LogP contribution < -0.4 is 26.0 Å². The van der Waals surface area contributed by atoms with E-state index in [-0.39, 0.29) is 17.5 Å². The number of carbonyl (C=O) groups excluding carboxylic acids is 1. The Morgan fingerprint density at radius 2 is 1.81 bits per heavy atom. The zero-order valence-corrected chi connectivity index (χ0v) is 20.9. The average molecular weight is 489 g/mol. The second-order valence-electron chi connectivity index (χ2n) is 10.0. The number of rotatable bonds is 5. The van der Waals surface area contributed by atoms with Crippen molar-refractivity contribution in [2.24, 2.45) is 0 Å². The van der Waals surface area contributed by atoms with Crippen molar-refractivity contribution in [1.29, 1.82) is 0 Å². The molecule has 0 unspecified atom stereocenters. The molecule has 36 heavy (non-hydrogen) atoms. The molecule has 2 aliphatic heterocycles. The van der Waals surface area contributed by atoms with Crippen molar-refractivity contribution in [3.05, 3.63) is 39.9 Å². The van der Waals surface area contributed by atoms with Gasteiger partial charge in [0.15, 0.2) is 0 Å². The molecule has 0 spiro atoms. The third kappa shape index (κ3) is 3.89. The first-order chi connectivity index (χ1) is 17.5. The summed E-state index contributed by atoms with van der Waals surface area (Å²) >= 11 is 0. The van der Waals surface area contributed by atoms with Crippen LogP contribution in [-0.2, 0) is 4.79 Å². The molecule has 3 aliphatic rings. The van der Waals surface area contributed by atoms with Gasteiger partial charge in [0.2, 0.25) is 11.9 Å². The number of hydrogen-bond donors (Lipinski definition) is 2. The Kier molecular flexibility index (Phi) is 5.83. The van der Waals surface area contributed by atoms with E-state index in [2.05, 4.69) is 32.4 Å². The number of aryl methyl sites for hydroxylation is 2. The molecule has 0 atom stereocenters. The number of piperazine rings is 1. The minimum Gasteiger partial charge on any atom is -0.368 e. The second-order valence-corrected chi connectivity index (χ2v) is 10.0. The number of β-lactam (4-membered cyclic amide) rings is 1. The normalized spacial score (nSPS) is 18.7. The minimum atomic E-state index is -0.126. The molecule has 1 saturated carbocycles. The van der Waals surface area contributed by atoms with E-state index in [1.807, 2.05) is 23.8 Å². The summed E-state index contributed by atoms with van der Waals surface area (Å²) in [5.41, 5.74) is 4.01. The number of aromatic nitrogens is 4. The number of nitrogens with one attached hydrogen (secondary N) is 2. The molecule has 3 aromatic rings. The van der Waals surface area contributed by atoms with Gasteiger partial charge in [0.1, 0.15) is 17.2 Å². The highest BCUT2D eigenvalue weighted by Crippen LogP contribution is 2.34. The molecule has 3 aromatic heterocycles. The largest absolute Gasteiger partial charge is 0.368 e. The van der Waals surface area contributed by atoms with Crippen molar-refractivity contribution in [3.8, 4) is 0 Å². The SMILES string of the molecule is Cc1cc(Nc2ncc3c(C)c(N4CCC4=O)c(=O)n(C4CCCC4)c3n2)ncc1N1CCNCC1. The van der Waals surface area contributed by atoms with Gasteiger partial charge in [-0.2, -0.15) is 4.98 Å². The van der Waals surface area contributed by atoms with Crippen LogP contribution in [-0.4, -0.2) is 58.1 Å². The molecular formula is C26H32N8O2. The lowest BCUT2D eigenvalue weighted by Crippen LogP contribution is -2.47. The van der Waals surface area contributed by atoms with E-state index >= 15 is 0 Å². The average Bonchev–Trinajstić information content (AvgIpc) is 3.40. The van der Waals surface area contributed by atoms with E-state index in [9.17, 15) is 9.59 Å². The van der Waals surface area contributed by atoms with Gasteiger partial charge in [-0.3, -0.25) is 14.2 Å². The zero-order valence-electron chi connectivity index (χ0n) is 20.9. The maximum Gasteiger partial charge on any atom is 0.276 e. The Morgan fingerprint density at radius 1 is 1.03 bits per heavy atom. The van der Waals surface area contributed by atoms with Crippen molar-refractivity contribution >= 4 is 40.1 Å². The van der Waals surface area contributed by atoms with Crippen molar-refractivity contribution in [2.45, 2.75) is 52.0 Å². The van der Waals surface area contributed by atoms with E-state index in [1.54, 1.807) is 11.1 Å². The maximum absolute atomic E-state index is 13.7. The van der Waals surface area contributed by atoms with Crippen LogP contribution in [0.4, 0.5) is 23.1 Å². The monoisotopic (exact) mass is 488 g/mol. The Balaban J connectivity index is 1.38. The van der Waals surface area contributed by atoms with Gasteiger partial charge >= 0.3 is 0 Å². The number of amides is 1. The van der Waals surface area contributed by atoms with Crippen molar-refractivity contribution in [2.75, 3.05) is 47.8 Å². The maximum atomic E-state index is 13.7. The molecule has 5 heterocycles. The summed E-state index contributed by atoms with van der Waals surface area (Å²) in [6, 6.07) is 2.09. The number of hydrogen-bond acceptors (Lipinski definition) is 8. The first kappa shape index (κ1) is 22.9. The molecule has 1 aliphatic carbocycles. The molecule has 10 heteroatoms. The van der Waals surface area contributed by atoms with Gasteiger partial charge in [-0.05, 0) is 43.9 Å². The van der Waals surface area contributed by atoms with Crippen LogP contribution in [0.3, 0.4) is 0 Å². The number of anilines is 4.